The summed E-state index contributed by atoms with van der Waals surface area (Å²) < 4.78 is 32.7. The first-order valence-electron chi connectivity index (χ1n) is 32.7. The van der Waals surface area contributed by atoms with E-state index >= 15 is 0 Å². The molecule has 0 bridgehead atoms. The third kappa shape index (κ3) is 25.6. The Morgan fingerprint density at radius 2 is 0.840 bits per heavy atom. The number of rotatable bonds is 32. The molecule has 9 aromatic rings. The number of ether oxygens (including phenoxy) is 5. The van der Waals surface area contributed by atoms with Gasteiger partial charge in [0.05, 0.1) is 87.9 Å². The predicted molar refractivity (Wildman–Crippen MR) is 388 cm³/mol. The van der Waals surface area contributed by atoms with Crippen LogP contribution in [0.5, 0.6) is 17.2 Å². The molecule has 6 aromatic heterocycles. The first-order chi connectivity index (χ1) is 47.7. The van der Waals surface area contributed by atoms with Crippen LogP contribution in [0.15, 0.2) is 91.4 Å². The molecule has 0 unspecified atom stereocenters. The summed E-state index contributed by atoms with van der Waals surface area (Å²) >= 11 is 0. The van der Waals surface area contributed by atoms with Crippen molar-refractivity contribution in [1.29, 1.82) is 0 Å². The van der Waals surface area contributed by atoms with Gasteiger partial charge >= 0.3 is 47.5 Å². The molecule has 0 radical (unpaired) electrons. The summed E-state index contributed by atoms with van der Waals surface area (Å²) in [5.74, 6) is 6.89. The summed E-state index contributed by atoms with van der Waals surface area (Å²) in [5.41, 5.74) is 28.4. The molecule has 9 rings (SSSR count). The number of nitrogens with one attached hydrogen (secondary N) is 3. The Kier molecular flexibility index (Phi) is 36.8. The summed E-state index contributed by atoms with van der Waals surface area (Å²) in [6.45, 7) is 12.5. The van der Waals surface area contributed by atoms with Crippen LogP contribution >= 0.6 is 0 Å². The predicted octanol–water partition coefficient (Wildman–Crippen LogP) is 6.39. The van der Waals surface area contributed by atoms with Crippen LogP contribution in [-0.2, 0) is 29.1 Å². The summed E-state index contributed by atoms with van der Waals surface area (Å²) in [7, 11) is 13.8. The Morgan fingerprint density at radius 1 is 0.510 bits per heavy atom. The minimum atomic E-state index is -0.987. The number of aromatic nitrogens is 9. The molecule has 0 spiro atoms. The van der Waals surface area contributed by atoms with E-state index in [4.69, 9.17) is 51.2 Å². The Hall–Kier alpha value is -9.11. The van der Waals surface area contributed by atoms with Crippen molar-refractivity contribution >= 4 is 86.3 Å². The molecule has 30 nitrogen and oxygen atoms in total. The normalized spacial score (nSPS) is 10.7. The Morgan fingerprint density at radius 3 is 1.13 bits per heavy atom. The minimum Gasteiger partial charge on any atom is -0.496 e. The van der Waals surface area contributed by atoms with Crippen LogP contribution in [0.1, 0.15) is 126 Å². The topological polar surface area (TPSA) is 411 Å². The fourth-order valence-corrected chi connectivity index (χ4v) is 10.2. The number of carboxylic acids is 1. The fourth-order valence-electron chi connectivity index (χ4n) is 10.2. The first-order valence-corrected chi connectivity index (χ1v) is 32.7. The van der Waals surface area contributed by atoms with Gasteiger partial charge in [0.1, 0.15) is 40.4 Å². The number of methoxy groups -OCH3 is 4. The SMILES string of the molecule is CCCCCNc1nc(N)nc2ccn(Cc3ccc(C(=O)O)cc3OC)c12.CCCCCNc1nc(N)nc2ccn(Cc3ccc(C(=O)OC)cc3OC)c12.CCCCCNc1nc(N)nc2ccn(Cc3ccc(C(=O)OCCN(C)C)cc3OC)c12.CN(C)CCO.N[N-]O.[Na+]. The zero-order valence-electron chi connectivity index (χ0n) is 59.9. The van der Waals surface area contributed by atoms with Crippen LogP contribution in [0.25, 0.3) is 38.7 Å². The maximum atomic E-state index is 12.4. The molecule has 100 heavy (non-hydrogen) atoms. The van der Waals surface area contributed by atoms with Crippen LogP contribution in [0.4, 0.5) is 35.3 Å². The number of unbranched alkanes of at least 4 members (excludes halogenated alkanes) is 6. The van der Waals surface area contributed by atoms with Gasteiger partial charge in [-0.05, 0) is 102 Å². The Bertz CT molecular complexity index is 3980. The van der Waals surface area contributed by atoms with E-state index in [0.717, 1.165) is 145 Å². The quantitative estimate of drug-likeness (QED) is 0.00717. The second kappa shape index (κ2) is 44.1. The summed E-state index contributed by atoms with van der Waals surface area (Å²) in [5, 5.41) is 34.5. The number of nitrogen functional groups attached to an aromatic ring is 3. The smallest absolute Gasteiger partial charge is 0.496 e. The summed E-state index contributed by atoms with van der Waals surface area (Å²) in [4.78, 5) is 65.5. The maximum Gasteiger partial charge on any atom is 1.00 e. The fraction of sp³-hybridized carbons (Fsp3) is 0.435. The van der Waals surface area contributed by atoms with Gasteiger partial charge in [0, 0.05) is 68.0 Å². The van der Waals surface area contributed by atoms with Crippen molar-refractivity contribution in [1.82, 2.24) is 53.4 Å². The Balaban J connectivity index is 0.000000299. The number of carbonyl (C=O) groups excluding carboxylic acids is 2. The summed E-state index contributed by atoms with van der Waals surface area (Å²) in [6.07, 6.45) is 15.9. The van der Waals surface area contributed by atoms with Gasteiger partial charge in [-0.25, -0.2) is 29.3 Å². The number of anilines is 6. The van der Waals surface area contributed by atoms with Gasteiger partial charge < -0.3 is 107 Å². The van der Waals surface area contributed by atoms with Gasteiger partial charge in [0.15, 0.2) is 17.5 Å². The zero-order chi connectivity index (χ0) is 72.4. The molecule has 0 aliphatic heterocycles. The molecule has 6 heterocycles. The summed E-state index contributed by atoms with van der Waals surface area (Å²) in [6, 6.07) is 21.3. The van der Waals surface area contributed by atoms with Crippen molar-refractivity contribution in [2.45, 2.75) is 98.2 Å². The van der Waals surface area contributed by atoms with E-state index in [1.54, 1.807) is 50.6 Å². The number of aromatic carboxylic acids is 1. The number of carbonyl (C=O) groups is 3. The molecule has 0 amide bonds. The average molecular weight is 1390 g/mol. The van der Waals surface area contributed by atoms with Crippen LogP contribution in [0.2, 0.25) is 0 Å². The van der Waals surface area contributed by atoms with Crippen molar-refractivity contribution in [3.05, 3.63) is 130 Å². The Labute approximate surface area is 606 Å². The van der Waals surface area contributed by atoms with Crippen LogP contribution in [-0.4, -0.2) is 189 Å². The third-order valence-electron chi connectivity index (χ3n) is 15.2. The number of nitrogens with zero attached hydrogens (tertiary/aromatic N) is 12. The number of likely N-dealkylation sites (N-methyl/N-ethyl adjacent to an activating group) is 2. The van der Waals surface area contributed by atoms with E-state index in [1.165, 1.54) is 20.3 Å². The third-order valence-corrected chi connectivity index (χ3v) is 15.2. The molecule has 0 saturated carbocycles. The van der Waals surface area contributed by atoms with Crippen molar-refractivity contribution < 1.29 is 83.0 Å². The van der Waals surface area contributed by atoms with E-state index < -0.39 is 11.9 Å². The van der Waals surface area contributed by atoms with Gasteiger partial charge in [-0.1, -0.05) is 77.5 Å². The largest absolute Gasteiger partial charge is 1.00 e. The molecular formula is C69H100N19NaO11. The van der Waals surface area contributed by atoms with E-state index in [9.17, 15) is 19.5 Å². The maximum absolute atomic E-state index is 12.4. The molecular weight excluding hydrogens is 1290 g/mol. The van der Waals surface area contributed by atoms with E-state index in [1.807, 2.05) is 102 Å². The monoisotopic (exact) mass is 1390 g/mol. The number of esters is 2. The van der Waals surface area contributed by atoms with Gasteiger partial charge in [-0.2, -0.15) is 15.0 Å². The van der Waals surface area contributed by atoms with Crippen LogP contribution in [0.3, 0.4) is 0 Å². The van der Waals surface area contributed by atoms with Gasteiger partial charge in [-0.15, -0.1) is 0 Å². The molecule has 3 aromatic carbocycles. The molecule has 0 saturated heterocycles. The van der Waals surface area contributed by atoms with E-state index in [-0.39, 0.29) is 65.5 Å². The number of carboxylic acid groups (broad SMARTS) is 1. The average Bonchev–Trinajstić information content (AvgIpc) is 1.63. The van der Waals surface area contributed by atoms with Crippen LogP contribution in [0, 0.1) is 0 Å². The number of aliphatic hydroxyl groups excluding tert-OH is 1. The van der Waals surface area contributed by atoms with E-state index in [0.29, 0.717) is 67.0 Å². The van der Waals surface area contributed by atoms with Crippen molar-refractivity contribution in [2.24, 2.45) is 5.84 Å². The second-order valence-corrected chi connectivity index (χ2v) is 23.2. The molecule has 14 N–H and O–H groups in total. The number of nitrogens with two attached hydrogens (primary N) is 4. The van der Waals surface area contributed by atoms with Crippen molar-refractivity contribution in [3.63, 3.8) is 0 Å². The number of hydrogen-bond acceptors (Lipinski definition) is 25. The molecule has 0 aliphatic rings. The van der Waals surface area contributed by atoms with Crippen LogP contribution < -0.4 is 82.8 Å². The zero-order valence-corrected chi connectivity index (χ0v) is 61.9. The standard InChI is InChI=1S/C24H34N6O3.C21H27N5O3.C20H25N5O3.C4H11NO.H3N2O.Na/c1-5-6-7-11-26-22-21-19(27-24(25)28-22)10-12-30(21)16-18-9-8-17(15-20(18)32-4)23(31)33-14-13-29(2)3;1-4-5-6-10-23-19-18-16(24-21(22)25-19)9-11-26(18)13-15-8-7-14(20(27)29-3)12-17(15)28-2;1-3-4-5-9-22-18-17-15(23-20(21)24-18)8-10-25(17)12-14-7-6-13(19(26)27)11-16(14)28-2;1-5(2)3-4-6;1-2-3;/h8-10,12,15H,5-7,11,13-14,16H2,1-4H3,(H3,25,26,27,28);7-9,11-12H,4-6,10,13H2,1-3H3,(H3,22,23,24,25);6-8,10-11H,3-5,9,12H2,1-2H3,(H,26,27)(H3,21,22,23,24);6H,3-4H2,1-2H3;3H,1H2;/q;;;;-1;+1. The molecule has 0 fully saturated rings. The van der Waals surface area contributed by atoms with E-state index in [2.05, 4.69) is 77.0 Å². The molecule has 538 valence electrons. The van der Waals surface area contributed by atoms with Gasteiger partial charge in [0.2, 0.25) is 17.8 Å². The molecule has 0 aliphatic carbocycles. The van der Waals surface area contributed by atoms with Crippen molar-refractivity contribution in [3.8, 4) is 17.2 Å². The molecule has 0 atom stereocenters. The number of aliphatic hydroxyl groups is 1. The number of benzene rings is 3. The first kappa shape index (κ1) is 83.3. The second-order valence-electron chi connectivity index (χ2n) is 23.2. The minimum absolute atomic E-state index is 0. The molecule has 31 heteroatoms. The number of fused-ring (bicyclic) bond motifs is 3. The van der Waals surface area contributed by atoms with Gasteiger partial charge in [-0.3, -0.25) is 0 Å². The number of hydrogen-bond donors (Lipinski definition) is 10. The van der Waals surface area contributed by atoms with Gasteiger partial charge in [0.25, 0.3) is 0 Å². The van der Waals surface area contributed by atoms with Crippen molar-refractivity contribution in [2.75, 3.05) is 136 Å².